The lowest BCUT2D eigenvalue weighted by Crippen LogP contribution is -2.38. The van der Waals surface area contributed by atoms with Crippen molar-refractivity contribution < 1.29 is 42.9 Å². The minimum atomic E-state index is -0.658. The third kappa shape index (κ3) is 11.7. The van der Waals surface area contributed by atoms with Crippen LogP contribution >= 0.6 is 35.3 Å². The quantitative estimate of drug-likeness (QED) is 0.156. The van der Waals surface area contributed by atoms with Gasteiger partial charge in [-0.1, -0.05) is 66.1 Å². The molecule has 9 nitrogen and oxygen atoms in total. The maximum Gasteiger partial charge on any atom is 0.481 e. The van der Waals surface area contributed by atoms with Crippen LogP contribution in [0.25, 0.3) is 0 Å². The first kappa shape index (κ1) is 37.5. The minimum Gasteiger partial charge on any atom is -0.459 e. The van der Waals surface area contributed by atoms with Crippen LogP contribution in [-0.4, -0.2) is 74.1 Å². The van der Waals surface area contributed by atoms with Crippen LogP contribution in [0.4, 0.5) is 0 Å². The van der Waals surface area contributed by atoms with Crippen LogP contribution in [0.2, 0.25) is 0 Å². The standard InChI is InChI=1S/C16H26O5S.C16H26O4S2/c1-9(2)12-6-5-10(3)7-13(12)20-15(18)16-21-14(8-22-16)19-11(4)17;1-9(2)12-6-5-10(3)7-13(12)22-15(18)16-20-14(8-21-16)19-11(4)17/h2*9-10,12-14,16H,5-8H2,1-4H3/p+1/t10-,12+,13-,14-,16?;10-,12+,13-,14+,16?/m11/s1. The van der Waals surface area contributed by atoms with Crippen molar-refractivity contribution >= 4 is 58.3 Å². The molecule has 2 heterocycles. The Morgan fingerprint density at radius 3 is 1.91 bits per heavy atom. The van der Waals surface area contributed by atoms with Crippen molar-refractivity contribution in [1.29, 1.82) is 0 Å². The molecule has 1 N–H and O–H groups in total. The van der Waals surface area contributed by atoms with Crippen LogP contribution in [0.5, 0.6) is 0 Å². The maximum absolute atomic E-state index is 12.5. The van der Waals surface area contributed by atoms with Gasteiger partial charge in [0.25, 0.3) is 0 Å². The fourth-order valence-corrected chi connectivity index (χ4v) is 10.00. The number of esters is 3. The second-order valence-electron chi connectivity index (χ2n) is 13.3. The normalized spacial score (nSPS) is 35.5. The van der Waals surface area contributed by atoms with E-state index in [0.29, 0.717) is 52.3 Å². The van der Waals surface area contributed by atoms with E-state index in [1.165, 1.54) is 68.4 Å². The second kappa shape index (κ2) is 17.8. The lowest BCUT2D eigenvalue weighted by molar-refractivity contribution is -0.171. The van der Waals surface area contributed by atoms with Crippen molar-refractivity contribution in [1.82, 2.24) is 0 Å². The average Bonchev–Trinajstić information content (AvgIpc) is 3.58. The molecular formula is C32H53O9S3+. The highest BCUT2D eigenvalue weighted by Crippen LogP contribution is 2.42. The zero-order valence-corrected chi connectivity index (χ0v) is 30.0. The zero-order chi connectivity index (χ0) is 32.6. The van der Waals surface area contributed by atoms with Gasteiger partial charge in [0, 0.05) is 12.2 Å². The summed E-state index contributed by atoms with van der Waals surface area (Å²) < 4.78 is 26.9. The summed E-state index contributed by atoms with van der Waals surface area (Å²) in [7, 11) is 0. The Labute approximate surface area is 276 Å². The highest BCUT2D eigenvalue weighted by molar-refractivity contribution is 8.16. The summed E-state index contributed by atoms with van der Waals surface area (Å²) in [6.45, 7) is 16.1. The molecule has 44 heavy (non-hydrogen) atoms. The first-order valence-electron chi connectivity index (χ1n) is 16.0. The van der Waals surface area contributed by atoms with Crippen molar-refractivity contribution in [2.75, 3.05) is 11.5 Å². The lowest BCUT2D eigenvalue weighted by Gasteiger charge is -2.36. The molecule has 0 bridgehead atoms. The number of ether oxygens (including phenoxy) is 5. The molecular weight excluding hydrogens is 625 g/mol. The van der Waals surface area contributed by atoms with Crippen LogP contribution in [0.3, 0.4) is 0 Å². The Bertz CT molecular complexity index is 901. The largest absolute Gasteiger partial charge is 0.481 e. The van der Waals surface area contributed by atoms with Gasteiger partial charge in [-0.2, -0.15) is 0 Å². The first-order chi connectivity index (χ1) is 20.7. The summed E-state index contributed by atoms with van der Waals surface area (Å²) in [6.07, 6.45) is 5.62. The van der Waals surface area contributed by atoms with E-state index in [-0.39, 0.29) is 29.1 Å². The van der Waals surface area contributed by atoms with Crippen LogP contribution < -0.4 is 0 Å². The van der Waals surface area contributed by atoms with Gasteiger partial charge in [0.1, 0.15) is 6.10 Å². The van der Waals surface area contributed by atoms with Crippen LogP contribution in [0.1, 0.15) is 93.9 Å². The van der Waals surface area contributed by atoms with Crippen molar-refractivity contribution in [3.63, 3.8) is 0 Å². The van der Waals surface area contributed by atoms with Gasteiger partial charge >= 0.3 is 24.2 Å². The van der Waals surface area contributed by atoms with Crippen molar-refractivity contribution in [2.45, 2.75) is 129 Å². The SMILES string of the molecule is CC(=O)O[C@@H]1CSC(C(=O)S[C@@H]2C[C@H](C)CC[C@H]2C(C)C)O1.CC(=[OH+])O[C@H]1CSC(C(=O)O[C@@H]2C[C@H](C)CC[C@H]2C(C)C)O1. The van der Waals surface area contributed by atoms with Gasteiger partial charge in [0.15, 0.2) is 5.44 Å². The first-order valence-corrected chi connectivity index (χ1v) is 19.0. The highest BCUT2D eigenvalue weighted by atomic mass is 32.2. The number of hydrogen-bond donors (Lipinski definition) is 0. The van der Waals surface area contributed by atoms with E-state index in [0.717, 1.165) is 19.3 Å². The summed E-state index contributed by atoms with van der Waals surface area (Å²) >= 11 is 4.24. The third-order valence-corrected chi connectivity index (χ3v) is 12.4. The average molecular weight is 678 g/mol. The lowest BCUT2D eigenvalue weighted by atomic mass is 9.75. The van der Waals surface area contributed by atoms with Gasteiger partial charge in [-0.05, 0) is 61.2 Å². The Kier molecular flexibility index (Phi) is 15.2. The monoisotopic (exact) mass is 677 g/mol. The molecule has 4 aliphatic rings. The van der Waals surface area contributed by atoms with Gasteiger partial charge in [0.05, 0.1) is 18.4 Å². The van der Waals surface area contributed by atoms with E-state index in [1.807, 2.05) is 0 Å². The number of carbonyl (C=O) groups is 3. The van der Waals surface area contributed by atoms with Crippen molar-refractivity contribution in [3.8, 4) is 0 Å². The van der Waals surface area contributed by atoms with Gasteiger partial charge in [0.2, 0.25) is 16.8 Å². The van der Waals surface area contributed by atoms with Gasteiger partial charge in [-0.3, -0.25) is 19.1 Å². The van der Waals surface area contributed by atoms with Crippen LogP contribution in [-0.2, 0) is 38.1 Å². The molecule has 0 aromatic carbocycles. The topological polar surface area (TPSA) is 119 Å². The van der Waals surface area contributed by atoms with Gasteiger partial charge in [-0.15, -0.1) is 23.5 Å². The van der Waals surface area contributed by atoms with Gasteiger partial charge < -0.3 is 19.0 Å². The predicted octanol–water partition coefficient (Wildman–Crippen LogP) is 6.63. The Morgan fingerprint density at radius 2 is 1.32 bits per heavy atom. The molecule has 0 spiro atoms. The summed E-state index contributed by atoms with van der Waals surface area (Å²) in [4.78, 5) is 44.9. The molecule has 12 heteroatoms. The van der Waals surface area contributed by atoms with E-state index in [1.54, 1.807) is 0 Å². The Balaban J connectivity index is 0.000000240. The van der Waals surface area contributed by atoms with E-state index >= 15 is 0 Å². The smallest absolute Gasteiger partial charge is 0.459 e. The van der Waals surface area contributed by atoms with Crippen LogP contribution in [0.15, 0.2) is 0 Å². The molecule has 4 fully saturated rings. The van der Waals surface area contributed by atoms with Crippen LogP contribution in [0, 0.1) is 35.5 Å². The van der Waals surface area contributed by atoms with Crippen molar-refractivity contribution in [3.05, 3.63) is 0 Å². The molecule has 0 aromatic rings. The van der Waals surface area contributed by atoms with Gasteiger partial charge in [-0.25, -0.2) is 4.79 Å². The molecule has 2 unspecified atom stereocenters. The molecule has 252 valence electrons. The van der Waals surface area contributed by atoms with E-state index in [2.05, 4.69) is 41.5 Å². The molecule has 2 aliphatic carbocycles. The summed E-state index contributed by atoms with van der Waals surface area (Å²) in [5, 5.41) is 0.456. The second-order valence-corrected chi connectivity index (χ2v) is 16.7. The number of carbonyl (C=O) groups excluding carboxylic acids is 4. The van der Waals surface area contributed by atoms with Crippen molar-refractivity contribution in [2.24, 2.45) is 35.5 Å². The summed E-state index contributed by atoms with van der Waals surface area (Å²) in [5.74, 6) is 3.60. The molecule has 4 rings (SSSR count). The molecule has 2 saturated carbocycles. The molecule has 0 aromatic heterocycles. The zero-order valence-electron chi connectivity index (χ0n) is 27.5. The molecule has 0 amide bonds. The third-order valence-electron chi connectivity index (χ3n) is 8.76. The highest BCUT2D eigenvalue weighted by Gasteiger charge is 2.41. The van der Waals surface area contributed by atoms with E-state index in [9.17, 15) is 14.4 Å². The number of rotatable bonds is 8. The molecule has 10 atom stereocenters. The minimum absolute atomic E-state index is 0.0217. The molecule has 2 saturated heterocycles. The predicted molar refractivity (Wildman–Crippen MR) is 177 cm³/mol. The maximum atomic E-state index is 12.5. The fourth-order valence-electron chi connectivity index (χ4n) is 6.42. The Morgan fingerprint density at radius 1 is 0.773 bits per heavy atom. The number of thioether (sulfide) groups is 3. The summed E-state index contributed by atoms with van der Waals surface area (Å²) in [6, 6.07) is 0. The van der Waals surface area contributed by atoms with E-state index in [4.69, 9.17) is 28.5 Å². The fraction of sp³-hybridized carbons (Fsp3) is 0.875. The number of hydrogen-bond acceptors (Lipinski definition) is 11. The van der Waals surface area contributed by atoms with E-state index < -0.39 is 23.5 Å². The summed E-state index contributed by atoms with van der Waals surface area (Å²) in [5.41, 5.74) is -1.16. The molecule has 0 radical (unpaired) electrons. The molecule has 2 aliphatic heterocycles. The Hall–Kier alpha value is -0.950.